The molecule has 166 valence electrons. The molecule has 0 bridgehead atoms. The topological polar surface area (TPSA) is 101 Å². The Balaban J connectivity index is 1.77. The highest BCUT2D eigenvalue weighted by Crippen LogP contribution is 2.30. The minimum Gasteiger partial charge on any atom is -0.358 e. The molecule has 0 saturated heterocycles. The summed E-state index contributed by atoms with van der Waals surface area (Å²) in [4.78, 5) is 33.8. The van der Waals surface area contributed by atoms with Crippen LogP contribution in [-0.2, 0) is 0 Å². The number of hydrogen-bond acceptors (Lipinski definition) is 6. The molecule has 0 aliphatic rings. The quantitative estimate of drug-likeness (QED) is 0.362. The molecule has 1 atom stereocenters. The Morgan fingerprint density at radius 2 is 2.03 bits per heavy atom. The number of H-pyrrole nitrogens is 1. The van der Waals surface area contributed by atoms with Crippen LogP contribution in [-0.4, -0.2) is 29.5 Å². The Bertz CT molecular complexity index is 1570. The minimum absolute atomic E-state index is 0.125. The van der Waals surface area contributed by atoms with Gasteiger partial charge in [0.25, 0.3) is 5.56 Å². The number of halogens is 3. The van der Waals surface area contributed by atoms with Gasteiger partial charge in [-0.05, 0) is 36.8 Å². The SMILES string of the molecule is CC[C@H](Nc1ncnc2nc[nH]c12)c1nc2cccc(F)c2c(=O)n1-c1ccc(Cl)cc1Cl. The second-order valence-electron chi connectivity index (χ2n) is 7.27. The number of nitrogens with one attached hydrogen (secondary N) is 2. The molecule has 0 saturated carbocycles. The molecule has 5 rings (SSSR count). The van der Waals surface area contributed by atoms with Gasteiger partial charge in [-0.25, -0.2) is 24.3 Å². The van der Waals surface area contributed by atoms with Crippen molar-refractivity contribution in [2.24, 2.45) is 0 Å². The Hall–Kier alpha value is -3.56. The second kappa shape index (κ2) is 8.42. The maximum atomic E-state index is 14.7. The Morgan fingerprint density at radius 1 is 1.18 bits per heavy atom. The third kappa shape index (κ3) is 3.69. The van der Waals surface area contributed by atoms with Crippen molar-refractivity contribution in [3.8, 4) is 5.69 Å². The number of anilines is 1. The summed E-state index contributed by atoms with van der Waals surface area (Å²) < 4.78 is 16.0. The average Bonchev–Trinajstić information content (AvgIpc) is 3.28. The first-order chi connectivity index (χ1) is 16.0. The molecule has 0 amide bonds. The summed E-state index contributed by atoms with van der Waals surface area (Å²) in [6.07, 6.45) is 3.44. The molecule has 3 heterocycles. The molecule has 0 aliphatic heterocycles. The number of aromatic nitrogens is 6. The van der Waals surface area contributed by atoms with E-state index >= 15 is 0 Å². The Labute approximate surface area is 196 Å². The van der Waals surface area contributed by atoms with E-state index in [2.05, 4.69) is 30.2 Å². The van der Waals surface area contributed by atoms with Crippen LogP contribution in [0.1, 0.15) is 25.2 Å². The van der Waals surface area contributed by atoms with Crippen molar-refractivity contribution in [2.75, 3.05) is 5.32 Å². The van der Waals surface area contributed by atoms with Crippen molar-refractivity contribution >= 4 is 51.1 Å². The first kappa shape index (κ1) is 21.3. The van der Waals surface area contributed by atoms with Crippen LogP contribution >= 0.6 is 23.2 Å². The molecule has 0 aliphatic carbocycles. The van der Waals surface area contributed by atoms with Gasteiger partial charge in [-0.1, -0.05) is 36.2 Å². The van der Waals surface area contributed by atoms with Crippen LogP contribution in [0, 0.1) is 5.82 Å². The third-order valence-electron chi connectivity index (χ3n) is 5.28. The van der Waals surface area contributed by atoms with Gasteiger partial charge in [0.2, 0.25) is 0 Å². The van der Waals surface area contributed by atoms with Crippen LogP contribution in [0.5, 0.6) is 0 Å². The molecule has 0 spiro atoms. The Kier molecular flexibility index (Phi) is 5.43. The maximum absolute atomic E-state index is 14.7. The summed E-state index contributed by atoms with van der Waals surface area (Å²) in [7, 11) is 0. The van der Waals surface area contributed by atoms with E-state index in [1.165, 1.54) is 35.4 Å². The standard InChI is InChI=1S/C22H16Cl2FN7O/c1-2-14(30-20-18-19(27-9-26-18)28-10-29-20)21-31-15-5-3-4-13(25)17(15)22(33)32(21)16-7-6-11(23)8-12(16)24/h3-10,14H,2H2,1H3,(H2,26,27,28,29,30)/t14-/m0/s1. The van der Waals surface area contributed by atoms with Gasteiger partial charge in [-0.15, -0.1) is 0 Å². The molecule has 0 unspecified atom stereocenters. The molecule has 0 fully saturated rings. The monoisotopic (exact) mass is 483 g/mol. The zero-order valence-electron chi connectivity index (χ0n) is 17.2. The van der Waals surface area contributed by atoms with Crippen molar-refractivity contribution in [3.05, 3.63) is 81.1 Å². The normalized spacial score (nSPS) is 12.4. The van der Waals surface area contributed by atoms with Crippen molar-refractivity contribution in [2.45, 2.75) is 19.4 Å². The van der Waals surface area contributed by atoms with Crippen LogP contribution in [0.15, 0.2) is 53.8 Å². The molecular weight excluding hydrogens is 468 g/mol. The first-order valence-corrected chi connectivity index (χ1v) is 10.8. The number of fused-ring (bicyclic) bond motifs is 2. The van der Waals surface area contributed by atoms with E-state index in [1.54, 1.807) is 18.2 Å². The van der Waals surface area contributed by atoms with Crippen LogP contribution in [0.25, 0.3) is 27.8 Å². The summed E-state index contributed by atoms with van der Waals surface area (Å²) in [6.45, 7) is 1.93. The number of benzene rings is 2. The number of nitrogens with zero attached hydrogens (tertiary/aromatic N) is 5. The number of hydrogen-bond donors (Lipinski definition) is 2. The maximum Gasteiger partial charge on any atom is 0.269 e. The fourth-order valence-corrected chi connectivity index (χ4v) is 4.22. The van der Waals surface area contributed by atoms with Crippen molar-refractivity contribution in [1.29, 1.82) is 0 Å². The zero-order valence-corrected chi connectivity index (χ0v) is 18.7. The van der Waals surface area contributed by atoms with E-state index in [-0.39, 0.29) is 15.9 Å². The number of imidazole rings is 1. The molecule has 8 nitrogen and oxygen atoms in total. The van der Waals surface area contributed by atoms with E-state index in [1.807, 2.05) is 6.92 Å². The van der Waals surface area contributed by atoms with Crippen molar-refractivity contribution < 1.29 is 4.39 Å². The lowest BCUT2D eigenvalue weighted by atomic mass is 10.1. The first-order valence-electron chi connectivity index (χ1n) is 10.0. The predicted molar refractivity (Wildman–Crippen MR) is 126 cm³/mol. The molecule has 0 radical (unpaired) electrons. The van der Waals surface area contributed by atoms with Gasteiger partial charge in [0.15, 0.2) is 11.5 Å². The van der Waals surface area contributed by atoms with Crippen LogP contribution < -0.4 is 10.9 Å². The lowest BCUT2D eigenvalue weighted by Gasteiger charge is -2.22. The van der Waals surface area contributed by atoms with Crippen LogP contribution in [0.2, 0.25) is 10.0 Å². The lowest BCUT2D eigenvalue weighted by Crippen LogP contribution is -2.29. The van der Waals surface area contributed by atoms with Gasteiger partial charge in [-0.3, -0.25) is 9.36 Å². The van der Waals surface area contributed by atoms with Gasteiger partial charge in [0.05, 0.1) is 28.6 Å². The number of aromatic amines is 1. The summed E-state index contributed by atoms with van der Waals surface area (Å²) in [5.74, 6) is 0.175. The van der Waals surface area contributed by atoms with Crippen LogP contribution in [0.4, 0.5) is 10.2 Å². The fourth-order valence-electron chi connectivity index (χ4n) is 3.72. The molecule has 2 aromatic carbocycles. The van der Waals surface area contributed by atoms with Crippen molar-refractivity contribution in [1.82, 2.24) is 29.5 Å². The van der Waals surface area contributed by atoms with Gasteiger partial charge in [0, 0.05) is 5.02 Å². The average molecular weight is 484 g/mol. The van der Waals surface area contributed by atoms with E-state index in [0.29, 0.717) is 39.9 Å². The molecule has 3 aromatic heterocycles. The highest BCUT2D eigenvalue weighted by molar-refractivity contribution is 6.35. The summed E-state index contributed by atoms with van der Waals surface area (Å²) >= 11 is 12.5. The van der Waals surface area contributed by atoms with Crippen LogP contribution in [0.3, 0.4) is 0 Å². The highest BCUT2D eigenvalue weighted by Gasteiger charge is 2.24. The summed E-state index contributed by atoms with van der Waals surface area (Å²) in [5.41, 5.74) is 1.11. The largest absolute Gasteiger partial charge is 0.358 e. The van der Waals surface area contributed by atoms with Crippen molar-refractivity contribution in [3.63, 3.8) is 0 Å². The molecule has 5 aromatic rings. The van der Waals surface area contributed by atoms with E-state index in [4.69, 9.17) is 23.2 Å². The second-order valence-corrected chi connectivity index (χ2v) is 8.11. The third-order valence-corrected chi connectivity index (χ3v) is 5.81. The summed E-state index contributed by atoms with van der Waals surface area (Å²) in [5, 5.41) is 3.83. The van der Waals surface area contributed by atoms with E-state index in [9.17, 15) is 9.18 Å². The lowest BCUT2D eigenvalue weighted by molar-refractivity contribution is 0.630. The van der Waals surface area contributed by atoms with Gasteiger partial charge in [-0.2, -0.15) is 0 Å². The van der Waals surface area contributed by atoms with E-state index < -0.39 is 17.4 Å². The zero-order chi connectivity index (χ0) is 23.1. The minimum atomic E-state index is -0.661. The van der Waals surface area contributed by atoms with Gasteiger partial charge in [0.1, 0.15) is 28.9 Å². The predicted octanol–water partition coefficient (Wildman–Crippen LogP) is 5.06. The highest BCUT2D eigenvalue weighted by atomic mass is 35.5. The van der Waals surface area contributed by atoms with Gasteiger partial charge < -0.3 is 10.3 Å². The molecule has 2 N–H and O–H groups in total. The number of rotatable bonds is 5. The molecule has 33 heavy (non-hydrogen) atoms. The summed E-state index contributed by atoms with van der Waals surface area (Å²) in [6, 6.07) is 8.59. The fraction of sp³-hybridized carbons (Fsp3) is 0.136. The molecular formula is C22H16Cl2FN7O. The smallest absolute Gasteiger partial charge is 0.269 e. The molecule has 11 heteroatoms. The van der Waals surface area contributed by atoms with E-state index in [0.717, 1.165) is 0 Å². The Morgan fingerprint density at radius 3 is 2.82 bits per heavy atom. The van der Waals surface area contributed by atoms with Gasteiger partial charge >= 0.3 is 0 Å².